The summed E-state index contributed by atoms with van der Waals surface area (Å²) >= 11 is 0. The lowest BCUT2D eigenvalue weighted by molar-refractivity contribution is -0.0527. The van der Waals surface area contributed by atoms with Gasteiger partial charge in [0, 0.05) is 6.04 Å². The van der Waals surface area contributed by atoms with Crippen LogP contribution in [0.3, 0.4) is 0 Å². The first-order chi connectivity index (χ1) is 9.71. The molecule has 1 nitrogen and oxygen atoms in total. The second kappa shape index (κ2) is 5.00. The van der Waals surface area contributed by atoms with Gasteiger partial charge in [0.2, 0.25) is 0 Å². The maximum absolute atomic E-state index is 3.55. The second-order valence-electron chi connectivity index (χ2n) is 8.82. The molecule has 0 radical (unpaired) electrons. The Balaban J connectivity index is 1.52. The van der Waals surface area contributed by atoms with Crippen LogP contribution in [0.2, 0.25) is 0 Å². The van der Waals surface area contributed by atoms with Crippen LogP contribution < -0.4 is 5.32 Å². The molecule has 0 aromatic heterocycles. The van der Waals surface area contributed by atoms with Crippen molar-refractivity contribution in [3.05, 3.63) is 0 Å². The van der Waals surface area contributed by atoms with E-state index in [2.05, 4.69) is 19.3 Å². The minimum atomic E-state index is 0.746. The Hall–Kier alpha value is -0.0400. The van der Waals surface area contributed by atoms with Crippen LogP contribution in [0.25, 0.3) is 0 Å². The third-order valence-corrected chi connectivity index (χ3v) is 8.14. The number of hydrogen-bond acceptors (Lipinski definition) is 1. The summed E-state index contributed by atoms with van der Waals surface area (Å²) in [6.07, 6.45) is 15.3. The zero-order valence-corrected chi connectivity index (χ0v) is 13.5. The minimum absolute atomic E-state index is 0.746. The Kier molecular flexibility index (Phi) is 3.41. The summed E-state index contributed by atoms with van der Waals surface area (Å²) in [4.78, 5) is 0. The van der Waals surface area contributed by atoms with E-state index in [-0.39, 0.29) is 0 Å². The molecule has 4 aliphatic carbocycles. The van der Waals surface area contributed by atoms with E-state index in [1.54, 1.807) is 32.1 Å². The quantitative estimate of drug-likeness (QED) is 0.736. The topological polar surface area (TPSA) is 12.0 Å². The van der Waals surface area contributed by atoms with Crippen LogP contribution in [0.5, 0.6) is 0 Å². The van der Waals surface area contributed by atoms with Gasteiger partial charge in [0.1, 0.15) is 0 Å². The molecule has 4 saturated carbocycles. The van der Waals surface area contributed by atoms with Crippen molar-refractivity contribution >= 4 is 0 Å². The highest BCUT2D eigenvalue weighted by atomic mass is 14.9. The SMILES string of the molecule is CN[C@@H]1CC[C@H]2[C@H](CC[C@@H]3[C@@H]2CC[C@]2(C)CCC[C@@H]32)C1. The summed E-state index contributed by atoms with van der Waals surface area (Å²) in [6.45, 7) is 2.63. The molecule has 0 unspecified atom stereocenters. The van der Waals surface area contributed by atoms with E-state index in [1.165, 1.54) is 32.1 Å². The van der Waals surface area contributed by atoms with Gasteiger partial charge in [-0.3, -0.25) is 0 Å². The molecule has 20 heavy (non-hydrogen) atoms. The third-order valence-electron chi connectivity index (χ3n) is 8.14. The fraction of sp³-hybridized carbons (Fsp3) is 1.00. The Morgan fingerprint density at radius 1 is 0.850 bits per heavy atom. The zero-order valence-electron chi connectivity index (χ0n) is 13.5. The van der Waals surface area contributed by atoms with Gasteiger partial charge in [-0.05, 0) is 99.8 Å². The van der Waals surface area contributed by atoms with E-state index in [0.717, 1.165) is 41.0 Å². The van der Waals surface area contributed by atoms with Gasteiger partial charge in [-0.1, -0.05) is 13.3 Å². The van der Waals surface area contributed by atoms with Gasteiger partial charge < -0.3 is 5.32 Å². The van der Waals surface area contributed by atoms with Crippen LogP contribution in [0, 0.1) is 35.0 Å². The second-order valence-corrected chi connectivity index (χ2v) is 8.82. The summed E-state index contributed by atoms with van der Waals surface area (Å²) in [5.74, 6) is 5.49. The van der Waals surface area contributed by atoms with Crippen LogP contribution in [0.15, 0.2) is 0 Å². The number of nitrogens with one attached hydrogen (secondary N) is 1. The van der Waals surface area contributed by atoms with Crippen LogP contribution in [0.4, 0.5) is 0 Å². The highest BCUT2D eigenvalue weighted by Gasteiger charge is 2.53. The average molecular weight is 275 g/mol. The van der Waals surface area contributed by atoms with Crippen molar-refractivity contribution in [3.8, 4) is 0 Å². The van der Waals surface area contributed by atoms with Gasteiger partial charge in [0.15, 0.2) is 0 Å². The molecule has 0 heterocycles. The summed E-state index contributed by atoms with van der Waals surface area (Å²) in [5, 5.41) is 3.55. The van der Waals surface area contributed by atoms with Crippen molar-refractivity contribution in [2.45, 2.75) is 77.2 Å². The van der Waals surface area contributed by atoms with Gasteiger partial charge in [0.05, 0.1) is 0 Å². The van der Waals surface area contributed by atoms with Crippen molar-refractivity contribution in [1.82, 2.24) is 5.32 Å². The smallest absolute Gasteiger partial charge is 0.00669 e. The van der Waals surface area contributed by atoms with E-state index in [0.29, 0.717) is 0 Å². The van der Waals surface area contributed by atoms with Gasteiger partial charge >= 0.3 is 0 Å². The fourth-order valence-electron chi connectivity index (χ4n) is 7.11. The van der Waals surface area contributed by atoms with Gasteiger partial charge in [-0.25, -0.2) is 0 Å². The first-order valence-corrected chi connectivity index (χ1v) is 9.38. The van der Waals surface area contributed by atoms with Crippen molar-refractivity contribution in [1.29, 1.82) is 0 Å². The van der Waals surface area contributed by atoms with Crippen LogP contribution >= 0.6 is 0 Å². The van der Waals surface area contributed by atoms with Crippen LogP contribution in [-0.2, 0) is 0 Å². The van der Waals surface area contributed by atoms with Crippen molar-refractivity contribution < 1.29 is 0 Å². The first kappa shape index (κ1) is 13.6. The predicted molar refractivity (Wildman–Crippen MR) is 84.6 cm³/mol. The lowest BCUT2D eigenvalue weighted by Crippen LogP contribution is -2.48. The molecule has 1 heteroatoms. The minimum Gasteiger partial charge on any atom is -0.317 e. The summed E-state index contributed by atoms with van der Waals surface area (Å²) in [7, 11) is 2.17. The van der Waals surface area contributed by atoms with E-state index in [1.807, 2.05) is 0 Å². The first-order valence-electron chi connectivity index (χ1n) is 9.38. The zero-order chi connectivity index (χ0) is 13.7. The van der Waals surface area contributed by atoms with Gasteiger partial charge in [-0.2, -0.15) is 0 Å². The van der Waals surface area contributed by atoms with Crippen molar-refractivity contribution in [2.24, 2.45) is 35.0 Å². The molecule has 0 bridgehead atoms. The average Bonchev–Trinajstić information content (AvgIpc) is 2.88. The summed E-state index contributed by atoms with van der Waals surface area (Å²) in [5.41, 5.74) is 0.746. The lowest BCUT2D eigenvalue weighted by Gasteiger charge is -2.55. The van der Waals surface area contributed by atoms with E-state index >= 15 is 0 Å². The molecule has 0 amide bonds. The maximum Gasteiger partial charge on any atom is 0.00669 e. The van der Waals surface area contributed by atoms with Crippen molar-refractivity contribution in [3.63, 3.8) is 0 Å². The van der Waals surface area contributed by atoms with Crippen LogP contribution in [-0.4, -0.2) is 13.1 Å². The molecular weight excluding hydrogens is 242 g/mol. The highest BCUT2D eigenvalue weighted by Crippen LogP contribution is 2.62. The van der Waals surface area contributed by atoms with E-state index in [4.69, 9.17) is 0 Å². The maximum atomic E-state index is 3.55. The molecule has 0 aliphatic heterocycles. The highest BCUT2D eigenvalue weighted by molar-refractivity contribution is 5.03. The molecule has 0 spiro atoms. The molecule has 0 saturated heterocycles. The Morgan fingerprint density at radius 2 is 1.70 bits per heavy atom. The third kappa shape index (κ3) is 1.99. The van der Waals surface area contributed by atoms with E-state index < -0.39 is 0 Å². The predicted octanol–water partition coefficient (Wildman–Crippen LogP) is 4.62. The lowest BCUT2D eigenvalue weighted by atomic mass is 9.50. The largest absolute Gasteiger partial charge is 0.317 e. The Labute approximate surface area is 125 Å². The molecule has 1 N–H and O–H groups in total. The van der Waals surface area contributed by atoms with Gasteiger partial charge in [0.25, 0.3) is 0 Å². The van der Waals surface area contributed by atoms with Crippen molar-refractivity contribution in [2.75, 3.05) is 7.05 Å². The molecule has 4 fully saturated rings. The number of fused-ring (bicyclic) bond motifs is 5. The molecule has 4 rings (SSSR count). The van der Waals surface area contributed by atoms with Crippen LogP contribution in [0.1, 0.15) is 71.1 Å². The fourth-order valence-corrected chi connectivity index (χ4v) is 7.11. The molecule has 114 valence electrons. The van der Waals surface area contributed by atoms with E-state index in [9.17, 15) is 0 Å². The number of rotatable bonds is 1. The number of hydrogen-bond donors (Lipinski definition) is 1. The Bertz CT molecular complexity index is 365. The molecular formula is C19H33N. The molecule has 7 atom stereocenters. The molecule has 0 aromatic rings. The standard InChI is InChI=1S/C19H33N/c1-19-10-3-4-18(19)17-7-5-13-12-14(20-2)6-8-15(13)16(17)9-11-19/h13-18,20H,3-12H2,1-2H3/t13-,14-,15+,16-,17-,18+,19+/m1/s1. The summed E-state index contributed by atoms with van der Waals surface area (Å²) in [6, 6.07) is 0.827. The summed E-state index contributed by atoms with van der Waals surface area (Å²) < 4.78 is 0. The molecule has 0 aromatic carbocycles. The normalized spacial score (nSPS) is 54.9. The monoisotopic (exact) mass is 275 g/mol. The molecule has 4 aliphatic rings. The van der Waals surface area contributed by atoms with Gasteiger partial charge in [-0.15, -0.1) is 0 Å². The Morgan fingerprint density at radius 3 is 2.55 bits per heavy atom.